The number of hydrogen-bond donors (Lipinski definition) is 3. The van der Waals surface area contributed by atoms with Crippen LogP contribution in [0.15, 0.2) is 42.5 Å². The van der Waals surface area contributed by atoms with Gasteiger partial charge >= 0.3 is 18.7 Å². The molecule has 174 valence electrons. The molecule has 1 aliphatic rings. The molecule has 2 aromatic rings. The third kappa shape index (κ3) is 5.25. The minimum atomic E-state index is -3.00. The summed E-state index contributed by atoms with van der Waals surface area (Å²) in [6.45, 7) is 1.52. The molecule has 0 radical (unpaired) electrons. The van der Waals surface area contributed by atoms with E-state index in [0.29, 0.717) is 16.2 Å². The lowest BCUT2D eigenvalue weighted by molar-refractivity contribution is -0.134. The van der Waals surface area contributed by atoms with E-state index in [0.717, 1.165) is 11.1 Å². The molecule has 9 nitrogen and oxygen atoms in total. The number of urea groups is 2. The van der Waals surface area contributed by atoms with Gasteiger partial charge < -0.3 is 15.4 Å². The van der Waals surface area contributed by atoms with Crippen molar-refractivity contribution < 1.29 is 32.7 Å². The number of carbonyl (C=O) groups is 4. The summed E-state index contributed by atoms with van der Waals surface area (Å²) in [5.74, 6) is -1.72. The molecule has 3 rings (SSSR count). The van der Waals surface area contributed by atoms with Gasteiger partial charge in [-0.15, -0.1) is 0 Å². The van der Waals surface area contributed by atoms with Crippen LogP contribution in [0.4, 0.5) is 24.1 Å². The Morgan fingerprint density at radius 2 is 1.76 bits per heavy atom. The lowest BCUT2D eigenvalue weighted by atomic mass is 9.92. The van der Waals surface area contributed by atoms with E-state index in [9.17, 15) is 28.0 Å². The minimum absolute atomic E-state index is 0.111. The molecule has 0 spiro atoms. The molecule has 1 heterocycles. The molecule has 1 saturated heterocycles. The smallest absolute Gasteiger partial charge is 0.387 e. The van der Waals surface area contributed by atoms with Crippen molar-refractivity contribution in [2.75, 3.05) is 11.9 Å². The molecule has 6 amide bonds. The minimum Gasteiger partial charge on any atom is -0.435 e. The maximum absolute atomic E-state index is 12.9. The Hall–Kier alpha value is -4.02. The fourth-order valence-corrected chi connectivity index (χ4v) is 3.30. The maximum Gasteiger partial charge on any atom is 0.387 e. The summed E-state index contributed by atoms with van der Waals surface area (Å²) in [5.41, 5.74) is 1.24. The van der Waals surface area contributed by atoms with Crippen LogP contribution in [0.2, 0.25) is 0 Å². The van der Waals surface area contributed by atoms with Gasteiger partial charge in [0.15, 0.2) is 0 Å². The fourth-order valence-electron chi connectivity index (χ4n) is 3.30. The summed E-state index contributed by atoms with van der Waals surface area (Å²) in [7, 11) is 0. The molecule has 1 aliphatic heterocycles. The fraction of sp³-hybridized carbons (Fsp3) is 0.273. The number of aryl methyl sites for hydroxylation is 2. The number of halogens is 2. The summed E-state index contributed by atoms with van der Waals surface area (Å²) >= 11 is 0. The standard InChI is InChI=1S/C22H22F2N4O5/c1-12-4-7-15(10-13(12)2)25-20(31)26-17(29)11-28-18(30)22(3,27-21(28)32)14-5-8-16(9-6-14)33-19(23)24/h4-10,19H,11H2,1-3H3,(H,27,32)(H2,25,26,29,31). The Balaban J connectivity index is 1.63. The van der Waals surface area contributed by atoms with Gasteiger partial charge in [0.25, 0.3) is 5.91 Å². The van der Waals surface area contributed by atoms with Gasteiger partial charge in [-0.1, -0.05) is 18.2 Å². The van der Waals surface area contributed by atoms with Crippen molar-refractivity contribution in [2.45, 2.75) is 32.9 Å². The van der Waals surface area contributed by atoms with Crippen LogP contribution >= 0.6 is 0 Å². The molecule has 0 bridgehead atoms. The second kappa shape index (κ2) is 9.23. The number of anilines is 1. The summed E-state index contributed by atoms with van der Waals surface area (Å²) < 4.78 is 28.9. The monoisotopic (exact) mass is 460 g/mol. The van der Waals surface area contributed by atoms with Gasteiger partial charge in [-0.05, 0) is 61.7 Å². The Morgan fingerprint density at radius 3 is 2.36 bits per heavy atom. The van der Waals surface area contributed by atoms with Crippen molar-refractivity contribution in [1.29, 1.82) is 0 Å². The van der Waals surface area contributed by atoms with Gasteiger partial charge in [-0.25, -0.2) is 9.59 Å². The molecule has 33 heavy (non-hydrogen) atoms. The van der Waals surface area contributed by atoms with E-state index in [-0.39, 0.29) is 5.75 Å². The van der Waals surface area contributed by atoms with Gasteiger partial charge in [0.2, 0.25) is 5.91 Å². The number of imide groups is 2. The van der Waals surface area contributed by atoms with Gasteiger partial charge in [0, 0.05) is 5.69 Å². The molecule has 1 unspecified atom stereocenters. The zero-order valence-electron chi connectivity index (χ0n) is 18.1. The second-order valence-corrected chi connectivity index (χ2v) is 7.65. The van der Waals surface area contributed by atoms with Gasteiger partial charge in [-0.2, -0.15) is 8.78 Å². The highest BCUT2D eigenvalue weighted by Crippen LogP contribution is 2.30. The van der Waals surface area contributed by atoms with Gasteiger partial charge in [0.1, 0.15) is 17.8 Å². The Bertz CT molecular complexity index is 1110. The number of rotatable bonds is 6. The average Bonchev–Trinajstić information content (AvgIpc) is 2.94. The molecule has 0 saturated carbocycles. The van der Waals surface area contributed by atoms with Crippen molar-refractivity contribution in [3.8, 4) is 5.75 Å². The van der Waals surface area contributed by atoms with E-state index in [4.69, 9.17) is 0 Å². The molecule has 3 N–H and O–H groups in total. The highest BCUT2D eigenvalue weighted by Gasteiger charge is 2.49. The van der Waals surface area contributed by atoms with Crippen LogP contribution in [-0.2, 0) is 15.1 Å². The van der Waals surface area contributed by atoms with E-state index in [2.05, 4.69) is 20.7 Å². The zero-order valence-corrected chi connectivity index (χ0v) is 18.1. The van der Waals surface area contributed by atoms with Crippen LogP contribution in [-0.4, -0.2) is 41.9 Å². The zero-order chi connectivity index (χ0) is 24.3. The van der Waals surface area contributed by atoms with Crippen molar-refractivity contribution >= 4 is 29.6 Å². The molecule has 2 aromatic carbocycles. The van der Waals surface area contributed by atoms with Crippen LogP contribution < -0.4 is 20.7 Å². The highest BCUT2D eigenvalue weighted by atomic mass is 19.3. The Morgan fingerprint density at radius 1 is 1.09 bits per heavy atom. The first kappa shape index (κ1) is 23.6. The lowest BCUT2D eigenvalue weighted by Crippen LogP contribution is -2.45. The number of carbonyl (C=O) groups excluding carboxylic acids is 4. The second-order valence-electron chi connectivity index (χ2n) is 7.65. The summed E-state index contributed by atoms with van der Waals surface area (Å²) in [4.78, 5) is 50.3. The normalized spacial score (nSPS) is 17.7. The molecular formula is C22H22F2N4O5. The number of ether oxygens (including phenoxy) is 1. The van der Waals surface area contributed by atoms with Crippen LogP contribution in [0, 0.1) is 13.8 Å². The number of nitrogens with one attached hydrogen (secondary N) is 3. The van der Waals surface area contributed by atoms with Crippen LogP contribution in [0.3, 0.4) is 0 Å². The van der Waals surface area contributed by atoms with Crippen molar-refractivity contribution in [1.82, 2.24) is 15.5 Å². The number of hydrogen-bond acceptors (Lipinski definition) is 5. The van der Waals surface area contributed by atoms with Crippen LogP contribution in [0.25, 0.3) is 0 Å². The van der Waals surface area contributed by atoms with Crippen molar-refractivity contribution in [2.24, 2.45) is 0 Å². The highest BCUT2D eigenvalue weighted by molar-refractivity contribution is 6.10. The summed E-state index contributed by atoms with van der Waals surface area (Å²) in [6.07, 6.45) is 0. The van der Waals surface area contributed by atoms with E-state index >= 15 is 0 Å². The van der Waals surface area contributed by atoms with E-state index in [1.165, 1.54) is 31.2 Å². The molecular weight excluding hydrogens is 438 g/mol. The topological polar surface area (TPSA) is 117 Å². The van der Waals surface area contributed by atoms with Gasteiger partial charge in [-0.3, -0.25) is 19.8 Å². The quantitative estimate of drug-likeness (QED) is 0.573. The molecule has 0 aliphatic carbocycles. The van der Waals surface area contributed by atoms with Crippen molar-refractivity contribution in [3.63, 3.8) is 0 Å². The third-order valence-corrected chi connectivity index (χ3v) is 5.25. The van der Waals surface area contributed by atoms with Crippen molar-refractivity contribution in [3.05, 3.63) is 59.2 Å². The molecule has 1 fully saturated rings. The molecule has 0 aromatic heterocycles. The van der Waals surface area contributed by atoms with Gasteiger partial charge in [0.05, 0.1) is 0 Å². The first-order chi connectivity index (χ1) is 15.5. The largest absolute Gasteiger partial charge is 0.435 e. The number of benzene rings is 2. The summed E-state index contributed by atoms with van der Waals surface area (Å²) in [6, 6.07) is 8.76. The average molecular weight is 460 g/mol. The Labute approximate surface area is 188 Å². The van der Waals surface area contributed by atoms with Crippen LogP contribution in [0.1, 0.15) is 23.6 Å². The van der Waals surface area contributed by atoms with E-state index in [1.807, 2.05) is 19.9 Å². The van der Waals surface area contributed by atoms with E-state index < -0.39 is 42.6 Å². The summed E-state index contributed by atoms with van der Waals surface area (Å²) in [5, 5.41) is 7.07. The number of alkyl halides is 2. The number of nitrogens with zero attached hydrogens (tertiary/aromatic N) is 1. The molecule has 11 heteroatoms. The Kier molecular flexibility index (Phi) is 6.61. The molecule has 1 atom stereocenters. The maximum atomic E-state index is 12.9. The van der Waals surface area contributed by atoms with E-state index in [1.54, 1.807) is 12.1 Å². The predicted molar refractivity (Wildman–Crippen MR) is 114 cm³/mol. The number of amides is 6. The first-order valence-electron chi connectivity index (χ1n) is 9.87. The third-order valence-electron chi connectivity index (χ3n) is 5.25. The van der Waals surface area contributed by atoms with Crippen LogP contribution in [0.5, 0.6) is 5.75 Å². The lowest BCUT2D eigenvalue weighted by Gasteiger charge is -2.22. The first-order valence-corrected chi connectivity index (χ1v) is 9.87. The SMILES string of the molecule is Cc1ccc(NC(=O)NC(=O)CN2C(=O)NC(C)(c3ccc(OC(F)F)cc3)C2=O)cc1C. The predicted octanol–water partition coefficient (Wildman–Crippen LogP) is 3.02.